The number of hydrogen-bond donors (Lipinski definition) is 0. The second kappa shape index (κ2) is 5.20. The van der Waals surface area contributed by atoms with E-state index in [0.29, 0.717) is 23.2 Å². The quantitative estimate of drug-likeness (QED) is 0.578. The first kappa shape index (κ1) is 13.4. The van der Waals surface area contributed by atoms with Gasteiger partial charge >= 0.3 is 0 Å². The molecule has 0 N–H and O–H groups in total. The fourth-order valence-corrected chi connectivity index (χ4v) is 2.36. The van der Waals surface area contributed by atoms with Crippen molar-refractivity contribution >= 4 is 0 Å². The Morgan fingerprint density at radius 2 is 1.83 bits per heavy atom. The maximum atomic E-state index is 5.70. The van der Waals surface area contributed by atoms with Crippen molar-refractivity contribution in [1.82, 2.24) is 25.1 Å². The minimum Gasteiger partial charge on any atom is -0.414 e. The van der Waals surface area contributed by atoms with E-state index in [4.69, 9.17) is 8.94 Å². The standard InChI is InChI=1S/C16H13N5O2/c1-10-12(9-21(2)19-10)15-17-18-16(22-15)13-8-14(23-20-13)11-6-4-3-5-7-11/h3-9H,1-2H3. The largest absolute Gasteiger partial charge is 0.414 e. The normalized spacial score (nSPS) is 11.0. The third-order valence-electron chi connectivity index (χ3n) is 3.46. The zero-order valence-corrected chi connectivity index (χ0v) is 12.6. The highest BCUT2D eigenvalue weighted by molar-refractivity contribution is 5.63. The van der Waals surface area contributed by atoms with Gasteiger partial charge in [-0.1, -0.05) is 35.5 Å². The monoisotopic (exact) mass is 307 g/mol. The van der Waals surface area contributed by atoms with Crippen molar-refractivity contribution in [3.05, 3.63) is 48.3 Å². The highest BCUT2D eigenvalue weighted by atomic mass is 16.5. The van der Waals surface area contributed by atoms with Crippen LogP contribution in [0.5, 0.6) is 0 Å². The summed E-state index contributed by atoms with van der Waals surface area (Å²) >= 11 is 0. The zero-order valence-electron chi connectivity index (χ0n) is 12.6. The molecule has 0 atom stereocenters. The summed E-state index contributed by atoms with van der Waals surface area (Å²) < 4.78 is 12.8. The van der Waals surface area contributed by atoms with Crippen molar-refractivity contribution in [1.29, 1.82) is 0 Å². The summed E-state index contributed by atoms with van der Waals surface area (Å²) in [5.41, 5.74) is 3.07. The fraction of sp³-hybridized carbons (Fsp3) is 0.125. The molecule has 0 aliphatic heterocycles. The van der Waals surface area contributed by atoms with Crippen LogP contribution in [0.4, 0.5) is 0 Å². The topological polar surface area (TPSA) is 82.8 Å². The van der Waals surface area contributed by atoms with Crippen LogP contribution < -0.4 is 0 Å². The predicted octanol–water partition coefficient (Wildman–Crippen LogP) is 3.10. The van der Waals surface area contributed by atoms with Gasteiger partial charge in [-0.05, 0) is 6.92 Å². The van der Waals surface area contributed by atoms with Crippen LogP contribution in [0.2, 0.25) is 0 Å². The van der Waals surface area contributed by atoms with E-state index in [0.717, 1.165) is 16.8 Å². The molecule has 0 aliphatic rings. The molecule has 0 saturated carbocycles. The minimum absolute atomic E-state index is 0.314. The van der Waals surface area contributed by atoms with Crippen LogP contribution in [0.3, 0.4) is 0 Å². The van der Waals surface area contributed by atoms with Gasteiger partial charge in [0.05, 0.1) is 11.3 Å². The molecule has 4 aromatic rings. The summed E-state index contributed by atoms with van der Waals surface area (Å²) in [5, 5.41) is 16.4. The summed E-state index contributed by atoms with van der Waals surface area (Å²) in [5.74, 6) is 1.38. The molecule has 114 valence electrons. The van der Waals surface area contributed by atoms with Gasteiger partial charge in [0, 0.05) is 24.9 Å². The molecular weight excluding hydrogens is 294 g/mol. The highest BCUT2D eigenvalue weighted by Gasteiger charge is 2.17. The van der Waals surface area contributed by atoms with Crippen LogP contribution in [0.1, 0.15) is 5.69 Å². The average Bonchev–Trinajstić information content (AvgIpc) is 3.27. The smallest absolute Gasteiger partial charge is 0.270 e. The van der Waals surface area contributed by atoms with Crippen molar-refractivity contribution in [2.45, 2.75) is 6.92 Å². The second-order valence-corrected chi connectivity index (χ2v) is 5.16. The van der Waals surface area contributed by atoms with E-state index in [-0.39, 0.29) is 0 Å². The summed E-state index contributed by atoms with van der Waals surface area (Å²) in [6, 6.07) is 11.5. The van der Waals surface area contributed by atoms with E-state index in [1.807, 2.05) is 50.5 Å². The molecule has 0 fully saturated rings. The van der Waals surface area contributed by atoms with E-state index in [9.17, 15) is 0 Å². The van der Waals surface area contributed by atoms with Crippen molar-refractivity contribution in [2.24, 2.45) is 7.05 Å². The third-order valence-corrected chi connectivity index (χ3v) is 3.46. The highest BCUT2D eigenvalue weighted by Crippen LogP contribution is 2.28. The Balaban J connectivity index is 1.68. The van der Waals surface area contributed by atoms with E-state index in [1.54, 1.807) is 10.7 Å². The maximum absolute atomic E-state index is 5.70. The number of aryl methyl sites for hydroxylation is 2. The zero-order chi connectivity index (χ0) is 15.8. The number of hydrogen-bond acceptors (Lipinski definition) is 6. The van der Waals surface area contributed by atoms with Gasteiger partial charge in [-0.2, -0.15) is 5.10 Å². The van der Waals surface area contributed by atoms with Crippen LogP contribution in [0, 0.1) is 6.92 Å². The van der Waals surface area contributed by atoms with Gasteiger partial charge in [0.1, 0.15) is 0 Å². The first-order valence-corrected chi connectivity index (χ1v) is 7.07. The van der Waals surface area contributed by atoms with Crippen molar-refractivity contribution in [3.63, 3.8) is 0 Å². The Labute approximate surface area is 131 Å². The van der Waals surface area contributed by atoms with Crippen molar-refractivity contribution in [2.75, 3.05) is 0 Å². The lowest BCUT2D eigenvalue weighted by atomic mass is 10.2. The summed E-state index contributed by atoms with van der Waals surface area (Å²) in [6.45, 7) is 1.89. The van der Waals surface area contributed by atoms with E-state index >= 15 is 0 Å². The number of nitrogens with zero attached hydrogens (tertiary/aromatic N) is 5. The molecular formula is C16H13N5O2. The lowest BCUT2D eigenvalue weighted by molar-refractivity contribution is 0.431. The Kier molecular flexibility index (Phi) is 3.04. The van der Waals surface area contributed by atoms with Crippen molar-refractivity contribution in [3.8, 4) is 34.4 Å². The molecule has 4 rings (SSSR count). The lowest BCUT2D eigenvalue weighted by Gasteiger charge is -1.91. The number of aromatic nitrogens is 5. The lowest BCUT2D eigenvalue weighted by Crippen LogP contribution is -1.86. The minimum atomic E-state index is 0.314. The molecule has 0 spiro atoms. The molecule has 3 heterocycles. The molecule has 0 bridgehead atoms. The SMILES string of the molecule is Cc1nn(C)cc1-c1nnc(-c2cc(-c3ccccc3)on2)o1. The van der Waals surface area contributed by atoms with Crippen LogP contribution in [0.15, 0.2) is 51.5 Å². The van der Waals surface area contributed by atoms with Gasteiger partial charge in [-0.25, -0.2) is 0 Å². The number of rotatable bonds is 3. The van der Waals surface area contributed by atoms with Crippen LogP contribution in [-0.2, 0) is 7.05 Å². The molecule has 0 amide bonds. The Morgan fingerprint density at radius 3 is 2.57 bits per heavy atom. The first-order chi connectivity index (χ1) is 11.2. The summed E-state index contributed by atoms with van der Waals surface area (Å²) in [6.07, 6.45) is 1.84. The molecule has 0 saturated heterocycles. The molecule has 7 nitrogen and oxygen atoms in total. The van der Waals surface area contributed by atoms with Gasteiger partial charge in [0.25, 0.3) is 11.8 Å². The van der Waals surface area contributed by atoms with Gasteiger partial charge in [0.2, 0.25) is 0 Å². The summed E-state index contributed by atoms with van der Waals surface area (Å²) in [7, 11) is 1.84. The predicted molar refractivity (Wildman–Crippen MR) is 82.2 cm³/mol. The van der Waals surface area contributed by atoms with Gasteiger partial charge in [-0.3, -0.25) is 4.68 Å². The first-order valence-electron chi connectivity index (χ1n) is 7.07. The Bertz CT molecular complexity index is 952. The van der Waals surface area contributed by atoms with Crippen LogP contribution >= 0.6 is 0 Å². The third kappa shape index (κ3) is 2.42. The Morgan fingerprint density at radius 1 is 1.04 bits per heavy atom. The van der Waals surface area contributed by atoms with Crippen LogP contribution in [-0.4, -0.2) is 25.1 Å². The van der Waals surface area contributed by atoms with E-state index < -0.39 is 0 Å². The molecule has 3 aromatic heterocycles. The Hall–Kier alpha value is -3.22. The maximum Gasteiger partial charge on any atom is 0.270 e. The summed E-state index contributed by atoms with van der Waals surface area (Å²) in [4.78, 5) is 0. The van der Waals surface area contributed by atoms with Gasteiger partial charge < -0.3 is 8.94 Å². The molecule has 0 unspecified atom stereocenters. The number of benzene rings is 1. The molecule has 0 aliphatic carbocycles. The molecule has 7 heteroatoms. The van der Waals surface area contributed by atoms with Crippen molar-refractivity contribution < 1.29 is 8.94 Å². The average molecular weight is 307 g/mol. The van der Waals surface area contributed by atoms with Gasteiger partial charge in [-0.15, -0.1) is 10.2 Å². The fourth-order valence-electron chi connectivity index (χ4n) is 2.36. The molecule has 23 heavy (non-hydrogen) atoms. The van der Waals surface area contributed by atoms with E-state index in [2.05, 4.69) is 20.5 Å². The molecule has 1 aromatic carbocycles. The van der Waals surface area contributed by atoms with Crippen LogP contribution in [0.25, 0.3) is 34.4 Å². The van der Waals surface area contributed by atoms with E-state index in [1.165, 1.54) is 0 Å². The second-order valence-electron chi connectivity index (χ2n) is 5.16. The molecule has 0 radical (unpaired) electrons. The van der Waals surface area contributed by atoms with Gasteiger partial charge in [0.15, 0.2) is 11.5 Å².